The number of aryl methyl sites for hydroxylation is 1. The van der Waals surface area contributed by atoms with Crippen molar-refractivity contribution >= 4 is 64.1 Å². The zero-order chi connectivity index (χ0) is 32.1. The molecule has 3 aromatic heterocycles. The molecule has 0 N–H and O–H groups in total. The molecule has 4 rings (SSSR count). The molecule has 218 valence electrons. The van der Waals surface area contributed by atoms with Crippen LogP contribution in [0.25, 0.3) is 34.1 Å². The molecule has 0 unspecified atom stereocenters. The second-order valence-electron chi connectivity index (χ2n) is 10.7. The molecule has 1 aromatic carbocycles. The number of rotatable bonds is 11. The maximum Gasteiger partial charge on any atom is 0.355 e. The van der Waals surface area contributed by atoms with E-state index in [0.29, 0.717) is 57.3 Å². The van der Waals surface area contributed by atoms with Crippen molar-refractivity contribution in [3.63, 3.8) is 0 Å². The Morgan fingerprint density at radius 3 is 2.52 bits per heavy atom. The first-order chi connectivity index (χ1) is 21.0. The Bertz CT molecular complexity index is 1800. The zero-order valence-electron chi connectivity index (χ0n) is 25.4. The first-order valence-corrected chi connectivity index (χ1v) is 14.7. The standard InChI is InChI=1S/C32H32B3ClN6O2/c1-6-14-40(26(43)7-2)15-16-41(35)30-23-18-24(36)28(22-11-9-8-10-21(22)17-25(33)34)38-31(23)42(32(44)39-30)29-20(5)12-13-37-27(29)19(3)4/h7-13,17-19H,2,6,14-16H2,1,3-5H3. The van der Waals surface area contributed by atoms with Crippen molar-refractivity contribution in [2.45, 2.75) is 40.0 Å². The predicted octanol–water partition coefficient (Wildman–Crippen LogP) is 4.88. The minimum atomic E-state index is -0.589. The SMILES string of the molecule is [B]C([B])=Cc1ccccc1-c1nc2c(cc1Cl)c(N([B])CCN(CCC)C(=O)C=C)nc(=O)n2-c1c(C)ccnc1C(C)C. The molecule has 8 nitrogen and oxygen atoms in total. The Labute approximate surface area is 267 Å². The second kappa shape index (κ2) is 14.1. The van der Waals surface area contributed by atoms with Crippen LogP contribution in [-0.4, -0.2) is 73.6 Å². The number of hydrogen-bond donors (Lipinski definition) is 0. The summed E-state index contributed by atoms with van der Waals surface area (Å²) in [4.78, 5) is 43.4. The van der Waals surface area contributed by atoms with Crippen molar-refractivity contribution < 1.29 is 4.79 Å². The van der Waals surface area contributed by atoms with Crippen LogP contribution in [0, 0.1) is 6.92 Å². The number of fused-ring (bicyclic) bond motifs is 1. The fourth-order valence-corrected chi connectivity index (χ4v) is 5.34. The minimum Gasteiger partial charge on any atom is -0.408 e. The van der Waals surface area contributed by atoms with Crippen LogP contribution in [0.4, 0.5) is 5.82 Å². The second-order valence-corrected chi connectivity index (χ2v) is 11.1. The van der Waals surface area contributed by atoms with Crippen molar-refractivity contribution in [3.8, 4) is 16.9 Å². The highest BCUT2D eigenvalue weighted by atomic mass is 35.5. The quantitative estimate of drug-likeness (QED) is 0.180. The number of carbonyl (C=O) groups is 1. The molecular formula is C32H32B3ClN6O2. The molecule has 0 aliphatic heterocycles. The van der Waals surface area contributed by atoms with Crippen molar-refractivity contribution in [2.24, 2.45) is 0 Å². The van der Waals surface area contributed by atoms with Crippen LogP contribution in [0.15, 0.2) is 65.4 Å². The summed E-state index contributed by atoms with van der Waals surface area (Å²) in [7, 11) is 18.1. The number of carbonyl (C=O) groups excluding carboxylic acids is 1. The van der Waals surface area contributed by atoms with Crippen LogP contribution in [0.5, 0.6) is 0 Å². The Kier molecular flexibility index (Phi) is 10.5. The third-order valence-electron chi connectivity index (χ3n) is 7.13. The first kappa shape index (κ1) is 32.8. The van der Waals surface area contributed by atoms with Gasteiger partial charge in [-0.25, -0.2) is 14.3 Å². The van der Waals surface area contributed by atoms with E-state index < -0.39 is 5.69 Å². The smallest absolute Gasteiger partial charge is 0.355 e. The highest BCUT2D eigenvalue weighted by Gasteiger charge is 2.23. The summed E-state index contributed by atoms with van der Waals surface area (Å²) >= 11 is 6.91. The fraction of sp³-hybridized carbons (Fsp3) is 0.281. The van der Waals surface area contributed by atoms with Crippen LogP contribution < -0.4 is 10.5 Å². The van der Waals surface area contributed by atoms with Crippen molar-refractivity contribution in [1.29, 1.82) is 0 Å². The molecule has 0 saturated carbocycles. The molecule has 3 heterocycles. The minimum absolute atomic E-state index is 0.00496. The van der Waals surface area contributed by atoms with E-state index in [1.54, 1.807) is 23.2 Å². The molecule has 0 fully saturated rings. The summed E-state index contributed by atoms with van der Waals surface area (Å²) in [6, 6.07) is 10.9. The third kappa shape index (κ3) is 6.83. The normalized spacial score (nSPS) is 11.0. The Morgan fingerprint density at radius 1 is 1.14 bits per heavy atom. The number of pyridine rings is 2. The molecule has 44 heavy (non-hydrogen) atoms. The lowest BCUT2D eigenvalue weighted by Crippen LogP contribution is -2.39. The predicted molar refractivity (Wildman–Crippen MR) is 182 cm³/mol. The van der Waals surface area contributed by atoms with Gasteiger partial charge in [0.1, 0.15) is 5.82 Å². The number of anilines is 1. The number of hydrogen-bond acceptors (Lipinski definition) is 6. The summed E-state index contributed by atoms with van der Waals surface area (Å²) in [6.07, 6.45) is 5.37. The van der Waals surface area contributed by atoms with Crippen LogP contribution >= 0.6 is 11.6 Å². The van der Waals surface area contributed by atoms with Gasteiger partial charge < -0.3 is 9.71 Å². The molecule has 0 spiro atoms. The number of benzene rings is 1. The summed E-state index contributed by atoms with van der Waals surface area (Å²) in [5.74, 6) is -0.0340. The van der Waals surface area contributed by atoms with E-state index in [1.165, 1.54) is 15.5 Å². The molecule has 0 aliphatic rings. The Morgan fingerprint density at radius 2 is 1.86 bits per heavy atom. The maximum atomic E-state index is 14.0. The van der Waals surface area contributed by atoms with E-state index in [-0.39, 0.29) is 29.6 Å². The van der Waals surface area contributed by atoms with E-state index in [9.17, 15) is 9.59 Å². The molecule has 0 aliphatic carbocycles. The van der Waals surface area contributed by atoms with Crippen LogP contribution in [-0.2, 0) is 4.79 Å². The van der Waals surface area contributed by atoms with Gasteiger partial charge in [-0.2, -0.15) is 10.4 Å². The largest absolute Gasteiger partial charge is 0.408 e. The highest BCUT2D eigenvalue weighted by molar-refractivity contribution is 6.50. The monoisotopic (exact) mass is 600 g/mol. The molecule has 12 heteroatoms. The van der Waals surface area contributed by atoms with Gasteiger partial charge in [0.25, 0.3) is 0 Å². The van der Waals surface area contributed by atoms with Gasteiger partial charge in [-0.05, 0) is 48.6 Å². The fourth-order valence-electron chi connectivity index (χ4n) is 5.08. The van der Waals surface area contributed by atoms with Gasteiger partial charge in [0.2, 0.25) is 13.9 Å². The lowest BCUT2D eigenvalue weighted by molar-refractivity contribution is -0.125. The summed E-state index contributed by atoms with van der Waals surface area (Å²) in [5, 5.41) is 0.871. The van der Waals surface area contributed by atoms with Crippen LogP contribution in [0.3, 0.4) is 0 Å². The molecular weight excluding hydrogens is 568 g/mol. The highest BCUT2D eigenvalue weighted by Crippen LogP contribution is 2.36. The van der Waals surface area contributed by atoms with Gasteiger partial charge in [-0.3, -0.25) is 9.78 Å². The zero-order valence-corrected chi connectivity index (χ0v) is 26.2. The summed E-state index contributed by atoms with van der Waals surface area (Å²) < 4.78 is 1.46. The van der Waals surface area contributed by atoms with Crippen LogP contribution in [0.2, 0.25) is 5.02 Å². The molecule has 1 amide bonds. The Hall–Kier alpha value is -4.11. The van der Waals surface area contributed by atoms with Gasteiger partial charge in [0.05, 0.1) is 43.2 Å². The molecule has 0 saturated heterocycles. The summed E-state index contributed by atoms with van der Waals surface area (Å²) in [5.41, 5.74) is 3.61. The third-order valence-corrected chi connectivity index (χ3v) is 7.42. The average molecular weight is 601 g/mol. The van der Waals surface area contributed by atoms with Crippen molar-refractivity contribution in [3.05, 3.63) is 92.9 Å². The van der Waals surface area contributed by atoms with Crippen LogP contribution in [0.1, 0.15) is 49.9 Å². The molecule has 6 radical (unpaired) electrons. The molecule has 0 bridgehead atoms. The first-order valence-electron chi connectivity index (χ1n) is 14.3. The number of nitrogens with zero attached hydrogens (tertiary/aromatic N) is 6. The molecule has 4 aromatic rings. The topological polar surface area (TPSA) is 84.2 Å². The lowest BCUT2D eigenvalue weighted by atomic mass is 9.77. The van der Waals surface area contributed by atoms with Gasteiger partial charge >= 0.3 is 5.69 Å². The van der Waals surface area contributed by atoms with Gasteiger partial charge in [0.15, 0.2) is 5.65 Å². The van der Waals surface area contributed by atoms with E-state index >= 15 is 0 Å². The lowest BCUT2D eigenvalue weighted by Gasteiger charge is -2.27. The van der Waals surface area contributed by atoms with Gasteiger partial charge in [-0.1, -0.05) is 69.3 Å². The van der Waals surface area contributed by atoms with Gasteiger partial charge in [-0.15, -0.1) is 0 Å². The van der Waals surface area contributed by atoms with Gasteiger partial charge in [0, 0.05) is 31.4 Å². The van der Waals surface area contributed by atoms with E-state index in [1.807, 2.05) is 58.0 Å². The number of halogens is 1. The van der Waals surface area contributed by atoms with E-state index in [2.05, 4.69) is 16.5 Å². The summed E-state index contributed by atoms with van der Waals surface area (Å²) in [6.45, 7) is 12.5. The van der Waals surface area contributed by atoms with Crippen molar-refractivity contribution in [1.82, 2.24) is 24.4 Å². The number of aromatic nitrogens is 4. The van der Waals surface area contributed by atoms with E-state index in [4.69, 9.17) is 40.3 Å². The van der Waals surface area contributed by atoms with E-state index in [0.717, 1.165) is 12.0 Å². The number of amides is 1. The Balaban J connectivity index is 2.02. The maximum absolute atomic E-state index is 14.0. The molecule has 0 atom stereocenters. The average Bonchev–Trinajstić information content (AvgIpc) is 2.98. The van der Waals surface area contributed by atoms with Crippen molar-refractivity contribution in [2.75, 3.05) is 24.4 Å².